The van der Waals surface area contributed by atoms with Gasteiger partial charge in [0.05, 0.1) is 6.54 Å². The number of nitrogens with zero attached hydrogens (tertiary/aromatic N) is 3. The number of piperidine rings is 1. The molecule has 2 aliphatic rings. The van der Waals surface area contributed by atoms with Crippen LogP contribution in [0.1, 0.15) is 45.1 Å². The van der Waals surface area contributed by atoms with Crippen LogP contribution in [0.2, 0.25) is 0 Å². The van der Waals surface area contributed by atoms with E-state index in [0.717, 1.165) is 44.7 Å². The quantitative estimate of drug-likeness (QED) is 0.361. The van der Waals surface area contributed by atoms with E-state index in [1.165, 1.54) is 24.8 Å². The van der Waals surface area contributed by atoms with E-state index in [2.05, 4.69) is 40.4 Å². The van der Waals surface area contributed by atoms with E-state index in [0.29, 0.717) is 5.96 Å². The van der Waals surface area contributed by atoms with E-state index in [-0.39, 0.29) is 42.0 Å². The van der Waals surface area contributed by atoms with Gasteiger partial charge in [0.25, 0.3) is 0 Å². The van der Waals surface area contributed by atoms with Gasteiger partial charge in [-0.2, -0.15) is 0 Å². The summed E-state index contributed by atoms with van der Waals surface area (Å²) in [6.45, 7) is 8.70. The maximum Gasteiger partial charge on any atom is 0.246 e. The van der Waals surface area contributed by atoms with E-state index in [1.54, 1.807) is 7.05 Å². The number of aliphatic imine (C=N–C) groups is 1. The number of likely N-dealkylation sites (tertiary alicyclic amines) is 1. The molecular weight excluding hydrogens is 477 g/mol. The molecule has 0 saturated carbocycles. The number of rotatable bonds is 5. The summed E-state index contributed by atoms with van der Waals surface area (Å²) in [6.07, 6.45) is 5.96. The van der Waals surface area contributed by atoms with Gasteiger partial charge in [-0.25, -0.2) is 0 Å². The summed E-state index contributed by atoms with van der Waals surface area (Å²) in [5.41, 5.74) is 2.37. The molecule has 2 aliphatic heterocycles. The van der Waals surface area contributed by atoms with Gasteiger partial charge in [-0.1, -0.05) is 24.6 Å². The molecule has 1 aromatic rings. The van der Waals surface area contributed by atoms with Crippen LogP contribution < -0.4 is 15.5 Å². The molecule has 0 spiro atoms. The van der Waals surface area contributed by atoms with Crippen molar-refractivity contribution in [1.82, 2.24) is 15.5 Å². The number of guanidine groups is 1. The van der Waals surface area contributed by atoms with Gasteiger partial charge in [-0.05, 0) is 64.3 Å². The minimum atomic E-state index is 0. The number of benzene rings is 1. The normalized spacial score (nSPS) is 17.9. The Kier molecular flexibility index (Phi) is 9.20. The van der Waals surface area contributed by atoms with Crippen LogP contribution in [-0.2, 0) is 11.2 Å². The number of aryl methyl sites for hydroxylation is 1. The Morgan fingerprint density at radius 1 is 1.07 bits per heavy atom. The lowest BCUT2D eigenvalue weighted by atomic mass is 9.98. The molecule has 6 nitrogen and oxygen atoms in total. The molecule has 3 rings (SSSR count). The highest BCUT2D eigenvalue weighted by Gasteiger charge is 2.28. The van der Waals surface area contributed by atoms with Crippen molar-refractivity contribution >= 4 is 41.5 Å². The first-order valence-electron chi connectivity index (χ1n) is 10.6. The third-order valence-electron chi connectivity index (χ3n) is 5.94. The second-order valence-electron chi connectivity index (χ2n) is 8.42. The number of amides is 1. The van der Waals surface area contributed by atoms with Crippen LogP contribution in [0.15, 0.2) is 29.3 Å². The van der Waals surface area contributed by atoms with Gasteiger partial charge in [-0.3, -0.25) is 14.7 Å². The van der Waals surface area contributed by atoms with Crippen molar-refractivity contribution in [2.24, 2.45) is 4.99 Å². The van der Waals surface area contributed by atoms with Gasteiger partial charge in [0.1, 0.15) is 0 Å². The fourth-order valence-electron chi connectivity index (χ4n) is 4.18. The lowest BCUT2D eigenvalue weighted by Gasteiger charge is -2.41. The first-order chi connectivity index (χ1) is 13.5. The zero-order valence-corrected chi connectivity index (χ0v) is 20.4. The van der Waals surface area contributed by atoms with Gasteiger partial charge in [-0.15, -0.1) is 24.0 Å². The zero-order valence-electron chi connectivity index (χ0n) is 18.0. The molecule has 1 amide bonds. The molecule has 0 aromatic heterocycles. The molecule has 0 aliphatic carbocycles. The standard InChI is InChI=1S/C22H35N5O.HI/c1-22(2,26-13-7-4-8-14-26)17-25-21(23-3)24-16-20(28)27-15-9-11-18-10-5-6-12-19(18)27;/h5-6,10,12H,4,7-9,11,13-17H2,1-3H3,(H2,23,24,25);1H. The van der Waals surface area contributed by atoms with Gasteiger partial charge in [0.15, 0.2) is 5.96 Å². The molecule has 29 heavy (non-hydrogen) atoms. The topological polar surface area (TPSA) is 60.0 Å². The van der Waals surface area contributed by atoms with Crippen LogP contribution in [0, 0.1) is 0 Å². The number of anilines is 1. The van der Waals surface area contributed by atoms with E-state index in [1.807, 2.05) is 23.1 Å². The molecule has 0 atom stereocenters. The number of para-hydroxylation sites is 1. The number of nitrogens with one attached hydrogen (secondary N) is 2. The smallest absolute Gasteiger partial charge is 0.246 e. The lowest BCUT2D eigenvalue weighted by Crippen LogP contribution is -2.55. The summed E-state index contributed by atoms with van der Waals surface area (Å²) >= 11 is 0. The summed E-state index contributed by atoms with van der Waals surface area (Å²) < 4.78 is 0. The second kappa shape index (κ2) is 11.2. The van der Waals surface area contributed by atoms with E-state index in [4.69, 9.17) is 0 Å². The Bertz CT molecular complexity index is 700. The van der Waals surface area contributed by atoms with Crippen molar-refractivity contribution in [3.63, 3.8) is 0 Å². The average molecular weight is 513 g/mol. The Morgan fingerprint density at radius 2 is 1.79 bits per heavy atom. The van der Waals surface area contributed by atoms with Crippen LogP contribution in [0.3, 0.4) is 0 Å². The van der Waals surface area contributed by atoms with E-state index >= 15 is 0 Å². The molecule has 7 heteroatoms. The maximum atomic E-state index is 12.8. The first kappa shape index (κ1) is 23.9. The van der Waals surface area contributed by atoms with Crippen LogP contribution in [-0.4, -0.2) is 62.1 Å². The fraction of sp³-hybridized carbons (Fsp3) is 0.636. The zero-order chi connectivity index (χ0) is 20.0. The van der Waals surface area contributed by atoms with Crippen LogP contribution >= 0.6 is 24.0 Å². The Morgan fingerprint density at radius 3 is 2.52 bits per heavy atom. The molecular formula is C22H36IN5O. The van der Waals surface area contributed by atoms with Crippen molar-refractivity contribution in [2.45, 2.75) is 51.5 Å². The highest BCUT2D eigenvalue weighted by molar-refractivity contribution is 14.0. The van der Waals surface area contributed by atoms with Gasteiger partial charge >= 0.3 is 0 Å². The minimum absolute atomic E-state index is 0. The molecule has 2 N–H and O–H groups in total. The number of hydrogen-bond acceptors (Lipinski definition) is 3. The second-order valence-corrected chi connectivity index (χ2v) is 8.42. The summed E-state index contributed by atoms with van der Waals surface area (Å²) in [6, 6.07) is 8.20. The Balaban J connectivity index is 0.00000300. The Labute approximate surface area is 192 Å². The summed E-state index contributed by atoms with van der Waals surface area (Å²) in [5, 5.41) is 6.61. The maximum absolute atomic E-state index is 12.8. The van der Waals surface area contributed by atoms with Crippen LogP contribution in [0.25, 0.3) is 0 Å². The molecule has 1 fully saturated rings. The van der Waals surface area contributed by atoms with Gasteiger partial charge in [0, 0.05) is 31.4 Å². The molecule has 0 unspecified atom stereocenters. The lowest BCUT2D eigenvalue weighted by molar-refractivity contribution is -0.117. The summed E-state index contributed by atoms with van der Waals surface area (Å²) in [4.78, 5) is 21.6. The van der Waals surface area contributed by atoms with Crippen molar-refractivity contribution in [3.8, 4) is 0 Å². The van der Waals surface area contributed by atoms with Crippen molar-refractivity contribution in [3.05, 3.63) is 29.8 Å². The van der Waals surface area contributed by atoms with Crippen molar-refractivity contribution in [1.29, 1.82) is 0 Å². The molecule has 2 heterocycles. The third-order valence-corrected chi connectivity index (χ3v) is 5.94. The molecule has 162 valence electrons. The van der Waals surface area contributed by atoms with Crippen molar-refractivity contribution < 1.29 is 4.79 Å². The molecule has 1 aromatic carbocycles. The highest BCUT2D eigenvalue weighted by atomic mass is 127. The summed E-state index contributed by atoms with van der Waals surface area (Å²) in [5.74, 6) is 0.772. The van der Waals surface area contributed by atoms with Crippen LogP contribution in [0.4, 0.5) is 5.69 Å². The molecule has 1 saturated heterocycles. The monoisotopic (exact) mass is 513 g/mol. The van der Waals surface area contributed by atoms with E-state index < -0.39 is 0 Å². The predicted octanol–water partition coefficient (Wildman–Crippen LogP) is 3.01. The Hall–Kier alpha value is -1.35. The summed E-state index contributed by atoms with van der Waals surface area (Å²) in [7, 11) is 1.75. The SMILES string of the molecule is CN=C(NCC(=O)N1CCCc2ccccc21)NCC(C)(C)N1CCCCC1.I. The molecule has 0 bridgehead atoms. The predicted molar refractivity (Wildman–Crippen MR) is 131 cm³/mol. The average Bonchev–Trinajstić information content (AvgIpc) is 2.74. The third kappa shape index (κ3) is 6.31. The number of fused-ring (bicyclic) bond motifs is 1. The first-order valence-corrected chi connectivity index (χ1v) is 10.6. The largest absolute Gasteiger partial charge is 0.355 e. The van der Waals surface area contributed by atoms with Gasteiger partial charge < -0.3 is 15.5 Å². The minimum Gasteiger partial charge on any atom is -0.355 e. The van der Waals surface area contributed by atoms with Crippen LogP contribution in [0.5, 0.6) is 0 Å². The van der Waals surface area contributed by atoms with E-state index in [9.17, 15) is 4.79 Å². The number of carbonyl (C=O) groups excluding carboxylic acids is 1. The highest BCUT2D eigenvalue weighted by Crippen LogP contribution is 2.26. The molecule has 0 radical (unpaired) electrons. The fourth-order valence-corrected chi connectivity index (χ4v) is 4.18. The number of carbonyl (C=O) groups is 1. The van der Waals surface area contributed by atoms with Gasteiger partial charge in [0.2, 0.25) is 5.91 Å². The number of hydrogen-bond donors (Lipinski definition) is 2. The van der Waals surface area contributed by atoms with Crippen molar-refractivity contribution in [2.75, 3.05) is 44.7 Å². The number of halogens is 1.